The van der Waals surface area contributed by atoms with Gasteiger partial charge in [0, 0.05) is 11.3 Å². The zero-order valence-electron chi connectivity index (χ0n) is 12.6. The summed E-state index contributed by atoms with van der Waals surface area (Å²) in [5, 5.41) is 17.2. The number of hydrogen-bond donors (Lipinski definition) is 2. The fraction of sp³-hybridized carbons (Fsp3) is 0.118. The number of aryl methyl sites for hydroxylation is 1. The Labute approximate surface area is 133 Å². The second-order valence-electron chi connectivity index (χ2n) is 5.36. The summed E-state index contributed by atoms with van der Waals surface area (Å²) in [7, 11) is 0. The predicted octanol–water partition coefficient (Wildman–Crippen LogP) is 2.58. The Morgan fingerprint density at radius 1 is 1.22 bits per heavy atom. The van der Waals surface area contributed by atoms with Gasteiger partial charge in [0.25, 0.3) is 0 Å². The lowest BCUT2D eigenvalue weighted by Crippen LogP contribution is -2.06. The molecular weight excluding hydrogens is 292 g/mol. The summed E-state index contributed by atoms with van der Waals surface area (Å²) >= 11 is 0. The van der Waals surface area contributed by atoms with Gasteiger partial charge < -0.3 is 10.8 Å². The molecule has 1 aromatic heterocycles. The average Bonchev–Trinajstić information content (AvgIpc) is 2.93. The molecule has 0 unspecified atom stereocenters. The summed E-state index contributed by atoms with van der Waals surface area (Å²) in [6, 6.07) is 15.0. The zero-order valence-corrected chi connectivity index (χ0v) is 12.6. The number of nitrogen functional groups attached to an aromatic ring is 1. The van der Waals surface area contributed by atoms with Gasteiger partial charge in [-0.3, -0.25) is 0 Å². The van der Waals surface area contributed by atoms with Crippen molar-refractivity contribution in [2.75, 3.05) is 5.73 Å². The number of hydrogen-bond acceptors (Lipinski definition) is 4. The van der Waals surface area contributed by atoms with E-state index in [-0.39, 0.29) is 5.69 Å². The maximum absolute atomic E-state index is 11.4. The topological polar surface area (TPSA) is 94.0 Å². The highest BCUT2D eigenvalue weighted by atomic mass is 16.4. The standard InChI is InChI=1S/C17H16N4O2/c1-11-5-7-12(8-6-11)10-21-16(15(17(22)23)19-20-21)13-3-2-4-14(18)9-13/h2-9H,10,18H2,1H3,(H,22,23). The van der Waals surface area contributed by atoms with E-state index >= 15 is 0 Å². The lowest BCUT2D eigenvalue weighted by atomic mass is 10.1. The molecule has 6 nitrogen and oxygen atoms in total. The minimum Gasteiger partial charge on any atom is -0.476 e. The Hall–Kier alpha value is -3.15. The third-order valence-electron chi connectivity index (χ3n) is 3.55. The van der Waals surface area contributed by atoms with Crippen LogP contribution in [0.25, 0.3) is 11.3 Å². The second-order valence-corrected chi connectivity index (χ2v) is 5.36. The lowest BCUT2D eigenvalue weighted by molar-refractivity contribution is 0.0691. The Morgan fingerprint density at radius 2 is 1.96 bits per heavy atom. The quantitative estimate of drug-likeness (QED) is 0.722. The van der Waals surface area contributed by atoms with Gasteiger partial charge in [-0.2, -0.15) is 0 Å². The normalized spacial score (nSPS) is 10.7. The van der Waals surface area contributed by atoms with Gasteiger partial charge in [-0.1, -0.05) is 47.2 Å². The van der Waals surface area contributed by atoms with Gasteiger partial charge >= 0.3 is 5.97 Å². The zero-order chi connectivity index (χ0) is 16.4. The first-order chi connectivity index (χ1) is 11.0. The van der Waals surface area contributed by atoms with Crippen LogP contribution in [-0.4, -0.2) is 26.1 Å². The van der Waals surface area contributed by atoms with Crippen LogP contribution in [0.3, 0.4) is 0 Å². The number of nitrogens with two attached hydrogens (primary N) is 1. The van der Waals surface area contributed by atoms with Crippen LogP contribution < -0.4 is 5.73 Å². The van der Waals surface area contributed by atoms with Crippen molar-refractivity contribution in [2.24, 2.45) is 0 Å². The monoisotopic (exact) mass is 308 g/mol. The van der Waals surface area contributed by atoms with E-state index in [1.165, 1.54) is 0 Å². The molecule has 0 spiro atoms. The maximum atomic E-state index is 11.4. The first-order valence-corrected chi connectivity index (χ1v) is 7.13. The Balaban J connectivity index is 2.07. The molecule has 23 heavy (non-hydrogen) atoms. The number of aromatic nitrogens is 3. The molecule has 0 aliphatic carbocycles. The third-order valence-corrected chi connectivity index (χ3v) is 3.55. The molecule has 0 amide bonds. The van der Waals surface area contributed by atoms with Gasteiger partial charge in [-0.05, 0) is 24.6 Å². The van der Waals surface area contributed by atoms with Crippen LogP contribution in [0.2, 0.25) is 0 Å². The van der Waals surface area contributed by atoms with Crippen LogP contribution in [0.5, 0.6) is 0 Å². The van der Waals surface area contributed by atoms with Crippen LogP contribution in [0, 0.1) is 6.92 Å². The number of carbonyl (C=O) groups is 1. The van der Waals surface area contributed by atoms with E-state index in [1.807, 2.05) is 31.2 Å². The molecule has 2 aromatic carbocycles. The summed E-state index contributed by atoms with van der Waals surface area (Å²) in [6.07, 6.45) is 0. The highest BCUT2D eigenvalue weighted by molar-refractivity contribution is 5.92. The molecule has 116 valence electrons. The molecule has 0 atom stereocenters. The Morgan fingerprint density at radius 3 is 2.61 bits per heavy atom. The van der Waals surface area contributed by atoms with Crippen molar-refractivity contribution in [3.63, 3.8) is 0 Å². The molecule has 6 heteroatoms. The molecule has 0 aliphatic heterocycles. The van der Waals surface area contributed by atoms with E-state index in [0.29, 0.717) is 23.5 Å². The molecule has 0 saturated heterocycles. The molecule has 1 heterocycles. The molecule has 0 fully saturated rings. The van der Waals surface area contributed by atoms with Gasteiger partial charge in [-0.15, -0.1) is 5.10 Å². The van der Waals surface area contributed by atoms with E-state index < -0.39 is 5.97 Å². The largest absolute Gasteiger partial charge is 0.476 e. The number of carboxylic acid groups (broad SMARTS) is 1. The van der Waals surface area contributed by atoms with Crippen molar-refractivity contribution in [3.8, 4) is 11.3 Å². The number of anilines is 1. The number of nitrogens with zero attached hydrogens (tertiary/aromatic N) is 3. The summed E-state index contributed by atoms with van der Waals surface area (Å²) in [6.45, 7) is 2.45. The molecule has 3 N–H and O–H groups in total. The summed E-state index contributed by atoms with van der Waals surface area (Å²) in [5.74, 6) is -1.11. The van der Waals surface area contributed by atoms with Crippen molar-refractivity contribution in [1.29, 1.82) is 0 Å². The smallest absolute Gasteiger partial charge is 0.358 e. The van der Waals surface area contributed by atoms with Crippen LogP contribution >= 0.6 is 0 Å². The number of rotatable bonds is 4. The maximum Gasteiger partial charge on any atom is 0.358 e. The van der Waals surface area contributed by atoms with Crippen molar-refractivity contribution in [3.05, 3.63) is 65.4 Å². The molecule has 0 bridgehead atoms. The first-order valence-electron chi connectivity index (χ1n) is 7.13. The summed E-state index contributed by atoms with van der Waals surface area (Å²) < 4.78 is 1.59. The number of benzene rings is 2. The Kier molecular flexibility index (Phi) is 3.80. The van der Waals surface area contributed by atoms with Crippen molar-refractivity contribution in [2.45, 2.75) is 13.5 Å². The highest BCUT2D eigenvalue weighted by Crippen LogP contribution is 2.25. The molecule has 0 saturated carbocycles. The van der Waals surface area contributed by atoms with Gasteiger partial charge in [0.2, 0.25) is 0 Å². The van der Waals surface area contributed by atoms with Crippen LogP contribution in [0.4, 0.5) is 5.69 Å². The molecule has 0 aliphatic rings. The van der Waals surface area contributed by atoms with E-state index in [0.717, 1.165) is 11.1 Å². The van der Waals surface area contributed by atoms with E-state index in [4.69, 9.17) is 5.73 Å². The van der Waals surface area contributed by atoms with Crippen LogP contribution in [0.1, 0.15) is 21.6 Å². The second kappa shape index (κ2) is 5.92. The van der Waals surface area contributed by atoms with E-state index in [9.17, 15) is 9.90 Å². The molecular formula is C17H16N4O2. The minimum absolute atomic E-state index is 0.0808. The SMILES string of the molecule is Cc1ccc(Cn2nnc(C(=O)O)c2-c2cccc(N)c2)cc1. The minimum atomic E-state index is -1.11. The summed E-state index contributed by atoms with van der Waals surface area (Å²) in [5.41, 5.74) is 9.60. The fourth-order valence-electron chi connectivity index (χ4n) is 2.41. The van der Waals surface area contributed by atoms with Crippen molar-refractivity contribution in [1.82, 2.24) is 15.0 Å². The number of carboxylic acids is 1. The fourth-order valence-corrected chi connectivity index (χ4v) is 2.41. The van der Waals surface area contributed by atoms with Crippen LogP contribution in [-0.2, 0) is 6.54 Å². The van der Waals surface area contributed by atoms with E-state index in [2.05, 4.69) is 10.3 Å². The molecule has 3 rings (SSSR count). The molecule has 0 radical (unpaired) electrons. The van der Waals surface area contributed by atoms with Crippen molar-refractivity contribution >= 4 is 11.7 Å². The average molecular weight is 308 g/mol. The number of aromatic carboxylic acids is 1. The van der Waals surface area contributed by atoms with Crippen LogP contribution in [0.15, 0.2) is 48.5 Å². The lowest BCUT2D eigenvalue weighted by Gasteiger charge is -2.08. The Bertz CT molecular complexity index is 853. The first kappa shape index (κ1) is 14.8. The van der Waals surface area contributed by atoms with Gasteiger partial charge in [-0.25, -0.2) is 9.48 Å². The molecule has 3 aromatic rings. The van der Waals surface area contributed by atoms with Crippen molar-refractivity contribution < 1.29 is 9.90 Å². The predicted molar refractivity (Wildman–Crippen MR) is 87.1 cm³/mol. The highest BCUT2D eigenvalue weighted by Gasteiger charge is 2.20. The third kappa shape index (κ3) is 3.06. The van der Waals surface area contributed by atoms with E-state index in [1.54, 1.807) is 28.9 Å². The van der Waals surface area contributed by atoms with Gasteiger partial charge in [0.05, 0.1) is 6.54 Å². The summed E-state index contributed by atoms with van der Waals surface area (Å²) in [4.78, 5) is 11.4. The van der Waals surface area contributed by atoms with Gasteiger partial charge in [0.1, 0.15) is 5.69 Å². The van der Waals surface area contributed by atoms with Gasteiger partial charge in [0.15, 0.2) is 5.69 Å².